The maximum atomic E-state index is 3.33. The zero-order valence-corrected chi connectivity index (χ0v) is 9.06. The molecule has 1 aliphatic heterocycles. The van der Waals surface area contributed by atoms with Crippen LogP contribution in [0.2, 0.25) is 0 Å². The lowest BCUT2D eigenvalue weighted by Gasteiger charge is -2.30. The molecule has 0 saturated carbocycles. The zero-order chi connectivity index (χ0) is 9.40. The zero-order valence-electron chi connectivity index (χ0n) is 9.06. The monoisotopic (exact) mass is 172 g/mol. The van der Waals surface area contributed by atoms with Crippen molar-refractivity contribution in [1.29, 1.82) is 0 Å². The Kier molecular flexibility index (Phi) is 7.51. The van der Waals surface area contributed by atoms with Gasteiger partial charge in [-0.05, 0) is 13.8 Å². The molecule has 12 heavy (non-hydrogen) atoms. The Morgan fingerprint density at radius 3 is 1.83 bits per heavy atom. The first-order valence-electron chi connectivity index (χ1n) is 5.17. The van der Waals surface area contributed by atoms with E-state index in [1.54, 1.807) is 0 Å². The van der Waals surface area contributed by atoms with Crippen molar-refractivity contribution in [2.75, 3.05) is 26.2 Å². The predicted octanol–water partition coefficient (Wildman–Crippen LogP) is 1.72. The van der Waals surface area contributed by atoms with Gasteiger partial charge in [0.1, 0.15) is 0 Å². The summed E-state index contributed by atoms with van der Waals surface area (Å²) < 4.78 is 0. The number of nitrogens with zero attached hydrogens (tertiary/aromatic N) is 1. The van der Waals surface area contributed by atoms with Gasteiger partial charge in [0.2, 0.25) is 0 Å². The minimum atomic E-state index is 0.729. The first kappa shape index (κ1) is 11.9. The van der Waals surface area contributed by atoms with Gasteiger partial charge in [-0.1, -0.05) is 20.3 Å². The Morgan fingerprint density at radius 2 is 1.58 bits per heavy atom. The first-order chi connectivity index (χ1) is 5.72. The minimum Gasteiger partial charge on any atom is -0.314 e. The summed E-state index contributed by atoms with van der Waals surface area (Å²) in [6, 6.07) is 0.729. The van der Waals surface area contributed by atoms with Crippen LogP contribution >= 0.6 is 0 Å². The lowest BCUT2D eigenvalue weighted by atomic mass is 10.3. The van der Waals surface area contributed by atoms with Crippen LogP contribution in [-0.2, 0) is 0 Å². The van der Waals surface area contributed by atoms with Gasteiger partial charge in [-0.3, -0.25) is 4.90 Å². The van der Waals surface area contributed by atoms with Gasteiger partial charge >= 0.3 is 0 Å². The highest BCUT2D eigenvalue weighted by molar-refractivity contribution is 4.69. The van der Waals surface area contributed by atoms with Crippen molar-refractivity contribution < 1.29 is 0 Å². The maximum absolute atomic E-state index is 3.33. The second kappa shape index (κ2) is 7.56. The van der Waals surface area contributed by atoms with E-state index in [1.165, 1.54) is 19.5 Å². The van der Waals surface area contributed by atoms with Crippen LogP contribution < -0.4 is 5.32 Å². The topological polar surface area (TPSA) is 15.3 Å². The van der Waals surface area contributed by atoms with E-state index in [9.17, 15) is 0 Å². The summed E-state index contributed by atoms with van der Waals surface area (Å²) in [5, 5.41) is 3.33. The molecule has 0 amide bonds. The van der Waals surface area contributed by atoms with Crippen LogP contribution in [0.15, 0.2) is 0 Å². The normalized spacial score (nSPS) is 18.8. The van der Waals surface area contributed by atoms with Crippen molar-refractivity contribution in [3.8, 4) is 0 Å². The number of nitrogens with one attached hydrogen (secondary N) is 1. The molecule has 1 aliphatic rings. The molecule has 0 spiro atoms. The molecule has 1 N–H and O–H groups in total. The Balaban J connectivity index is 0.000000354. The first-order valence-corrected chi connectivity index (χ1v) is 5.17. The highest BCUT2D eigenvalue weighted by Crippen LogP contribution is 1.97. The van der Waals surface area contributed by atoms with Gasteiger partial charge in [-0.25, -0.2) is 0 Å². The molecule has 1 rings (SSSR count). The van der Waals surface area contributed by atoms with E-state index in [2.05, 4.69) is 37.9 Å². The van der Waals surface area contributed by atoms with Crippen LogP contribution in [-0.4, -0.2) is 37.1 Å². The van der Waals surface area contributed by atoms with E-state index in [4.69, 9.17) is 0 Å². The van der Waals surface area contributed by atoms with Crippen LogP contribution in [0.1, 0.15) is 34.1 Å². The van der Waals surface area contributed by atoms with Crippen LogP contribution in [0.4, 0.5) is 0 Å². The summed E-state index contributed by atoms with van der Waals surface area (Å²) in [6.07, 6.45) is 1.25. The molecule has 1 heterocycles. The second-order valence-corrected chi connectivity index (χ2v) is 3.59. The van der Waals surface area contributed by atoms with Gasteiger partial charge in [0.25, 0.3) is 0 Å². The summed E-state index contributed by atoms with van der Waals surface area (Å²) in [4.78, 5) is 2.50. The molecule has 1 fully saturated rings. The summed E-state index contributed by atoms with van der Waals surface area (Å²) in [5.41, 5.74) is 0. The molecule has 0 aromatic heterocycles. The molecule has 0 aliphatic carbocycles. The summed E-state index contributed by atoms with van der Waals surface area (Å²) >= 11 is 0. The average Bonchev–Trinajstić information content (AvgIpc) is 2.07. The molecule has 0 unspecified atom stereocenters. The van der Waals surface area contributed by atoms with Crippen LogP contribution in [0.5, 0.6) is 0 Å². The van der Waals surface area contributed by atoms with Gasteiger partial charge < -0.3 is 5.32 Å². The van der Waals surface area contributed by atoms with E-state index in [-0.39, 0.29) is 0 Å². The van der Waals surface area contributed by atoms with Crippen LogP contribution in [0.25, 0.3) is 0 Å². The SMILES string of the molecule is CC(C)N1CCNCC1.CCC. The number of hydrogen-bond donors (Lipinski definition) is 1. The number of hydrogen-bond acceptors (Lipinski definition) is 2. The van der Waals surface area contributed by atoms with Crippen molar-refractivity contribution >= 4 is 0 Å². The Bertz CT molecular complexity index is 85.8. The van der Waals surface area contributed by atoms with Gasteiger partial charge in [0.05, 0.1) is 0 Å². The van der Waals surface area contributed by atoms with E-state index >= 15 is 0 Å². The molecular weight excluding hydrogens is 148 g/mol. The lowest BCUT2D eigenvalue weighted by molar-refractivity contribution is 0.196. The Morgan fingerprint density at radius 1 is 1.17 bits per heavy atom. The maximum Gasteiger partial charge on any atom is 0.0110 e. The molecule has 0 radical (unpaired) electrons. The predicted molar refractivity (Wildman–Crippen MR) is 55.5 cm³/mol. The largest absolute Gasteiger partial charge is 0.314 e. The molecule has 0 aromatic rings. The third-order valence-corrected chi connectivity index (χ3v) is 1.88. The highest BCUT2D eigenvalue weighted by atomic mass is 15.2. The lowest BCUT2D eigenvalue weighted by Crippen LogP contribution is -2.46. The molecule has 2 nitrogen and oxygen atoms in total. The fourth-order valence-electron chi connectivity index (χ4n) is 1.20. The molecule has 1 saturated heterocycles. The number of piperazine rings is 1. The molecule has 2 heteroatoms. The molecule has 0 atom stereocenters. The van der Waals surface area contributed by atoms with E-state index in [0.717, 1.165) is 19.1 Å². The van der Waals surface area contributed by atoms with Crippen molar-refractivity contribution in [1.82, 2.24) is 10.2 Å². The molecular formula is C10H24N2. The van der Waals surface area contributed by atoms with Crippen LogP contribution in [0.3, 0.4) is 0 Å². The third kappa shape index (κ3) is 5.56. The van der Waals surface area contributed by atoms with Crippen molar-refractivity contribution in [3.05, 3.63) is 0 Å². The summed E-state index contributed by atoms with van der Waals surface area (Å²) in [5.74, 6) is 0. The Labute approximate surface area is 77.3 Å². The molecule has 0 aromatic carbocycles. The van der Waals surface area contributed by atoms with Gasteiger partial charge in [-0.15, -0.1) is 0 Å². The smallest absolute Gasteiger partial charge is 0.0110 e. The van der Waals surface area contributed by atoms with E-state index in [1.807, 2.05) is 0 Å². The third-order valence-electron chi connectivity index (χ3n) is 1.88. The van der Waals surface area contributed by atoms with E-state index < -0.39 is 0 Å². The fraction of sp³-hybridized carbons (Fsp3) is 1.00. The molecule has 74 valence electrons. The number of rotatable bonds is 1. The Hall–Kier alpha value is -0.0800. The fourth-order valence-corrected chi connectivity index (χ4v) is 1.20. The van der Waals surface area contributed by atoms with Crippen molar-refractivity contribution in [2.24, 2.45) is 0 Å². The molecule has 0 bridgehead atoms. The minimum absolute atomic E-state index is 0.729. The summed E-state index contributed by atoms with van der Waals surface area (Å²) in [6.45, 7) is 13.5. The summed E-state index contributed by atoms with van der Waals surface area (Å²) in [7, 11) is 0. The van der Waals surface area contributed by atoms with Gasteiger partial charge in [-0.2, -0.15) is 0 Å². The van der Waals surface area contributed by atoms with Gasteiger partial charge in [0.15, 0.2) is 0 Å². The van der Waals surface area contributed by atoms with E-state index in [0.29, 0.717) is 0 Å². The quantitative estimate of drug-likeness (QED) is 0.648. The van der Waals surface area contributed by atoms with Crippen molar-refractivity contribution in [3.63, 3.8) is 0 Å². The second-order valence-electron chi connectivity index (χ2n) is 3.59. The van der Waals surface area contributed by atoms with Gasteiger partial charge in [0, 0.05) is 32.2 Å². The average molecular weight is 172 g/mol. The standard InChI is InChI=1S/C7H16N2.C3H8/c1-7(2)9-5-3-8-4-6-9;1-3-2/h7-8H,3-6H2,1-2H3;3H2,1-2H3. The van der Waals surface area contributed by atoms with Crippen LogP contribution in [0, 0.1) is 0 Å². The highest BCUT2D eigenvalue weighted by Gasteiger charge is 2.11. The van der Waals surface area contributed by atoms with Crippen molar-refractivity contribution in [2.45, 2.75) is 40.2 Å².